The highest BCUT2D eigenvalue weighted by Gasteiger charge is 2.23. The van der Waals surface area contributed by atoms with Crippen molar-refractivity contribution in [3.8, 4) is 0 Å². The zero-order valence-electron chi connectivity index (χ0n) is 7.92. The average molecular weight is 180 g/mol. The number of rotatable bonds is 1. The van der Waals surface area contributed by atoms with Gasteiger partial charge in [-0.1, -0.05) is 0 Å². The van der Waals surface area contributed by atoms with Crippen LogP contribution in [0.3, 0.4) is 0 Å². The van der Waals surface area contributed by atoms with E-state index in [0.717, 1.165) is 24.2 Å². The Kier molecular flexibility index (Phi) is 2.04. The van der Waals surface area contributed by atoms with Crippen LogP contribution < -0.4 is 0 Å². The standard InChI is InChI=1S/C10H13FN2/c1-7(2)13-5-8-3-12-4-10(11)9(8)6-13/h3-4,7H,5-6H2,1-2H3. The number of hydrogen-bond acceptors (Lipinski definition) is 2. The van der Waals surface area contributed by atoms with Crippen LogP contribution in [0, 0.1) is 5.82 Å². The molecule has 0 radical (unpaired) electrons. The lowest BCUT2D eigenvalue weighted by Gasteiger charge is -2.18. The minimum absolute atomic E-state index is 0.166. The van der Waals surface area contributed by atoms with Crippen molar-refractivity contribution in [1.82, 2.24) is 9.88 Å². The minimum Gasteiger partial charge on any atom is -0.292 e. The van der Waals surface area contributed by atoms with E-state index in [-0.39, 0.29) is 5.82 Å². The predicted molar refractivity (Wildman–Crippen MR) is 48.6 cm³/mol. The Bertz CT molecular complexity index is 323. The molecule has 13 heavy (non-hydrogen) atoms. The van der Waals surface area contributed by atoms with E-state index < -0.39 is 0 Å². The maximum absolute atomic E-state index is 13.2. The molecular formula is C10H13FN2. The van der Waals surface area contributed by atoms with E-state index in [1.165, 1.54) is 6.20 Å². The van der Waals surface area contributed by atoms with E-state index in [1.807, 2.05) is 0 Å². The Labute approximate surface area is 77.4 Å². The molecule has 3 heteroatoms. The van der Waals surface area contributed by atoms with Crippen molar-refractivity contribution in [3.63, 3.8) is 0 Å². The van der Waals surface area contributed by atoms with Crippen LogP contribution in [0.1, 0.15) is 25.0 Å². The van der Waals surface area contributed by atoms with Crippen LogP contribution in [-0.2, 0) is 13.1 Å². The fraction of sp³-hybridized carbons (Fsp3) is 0.500. The molecule has 1 aromatic heterocycles. The summed E-state index contributed by atoms with van der Waals surface area (Å²) in [4.78, 5) is 6.08. The molecule has 0 atom stereocenters. The van der Waals surface area contributed by atoms with Gasteiger partial charge in [0.2, 0.25) is 0 Å². The number of nitrogens with zero attached hydrogens (tertiary/aromatic N) is 2. The Morgan fingerprint density at radius 3 is 2.77 bits per heavy atom. The molecule has 2 nitrogen and oxygen atoms in total. The van der Waals surface area contributed by atoms with Gasteiger partial charge in [0, 0.05) is 30.9 Å². The van der Waals surface area contributed by atoms with Gasteiger partial charge >= 0.3 is 0 Å². The van der Waals surface area contributed by atoms with Gasteiger partial charge in [-0.15, -0.1) is 0 Å². The zero-order valence-corrected chi connectivity index (χ0v) is 7.92. The summed E-state index contributed by atoms with van der Waals surface area (Å²) in [5.74, 6) is -0.166. The molecule has 2 rings (SSSR count). The van der Waals surface area contributed by atoms with Gasteiger partial charge in [0.15, 0.2) is 0 Å². The van der Waals surface area contributed by atoms with Gasteiger partial charge in [-0.3, -0.25) is 9.88 Å². The van der Waals surface area contributed by atoms with Crippen LogP contribution in [0.15, 0.2) is 12.4 Å². The van der Waals surface area contributed by atoms with Crippen molar-refractivity contribution in [2.45, 2.75) is 33.0 Å². The highest BCUT2D eigenvalue weighted by Crippen LogP contribution is 2.25. The molecular weight excluding hydrogens is 167 g/mol. The number of pyridine rings is 1. The molecule has 0 aromatic carbocycles. The molecule has 0 saturated carbocycles. The van der Waals surface area contributed by atoms with Gasteiger partial charge in [-0.2, -0.15) is 0 Å². The molecule has 0 bridgehead atoms. The van der Waals surface area contributed by atoms with E-state index in [0.29, 0.717) is 6.04 Å². The van der Waals surface area contributed by atoms with E-state index >= 15 is 0 Å². The maximum atomic E-state index is 13.2. The van der Waals surface area contributed by atoms with E-state index in [1.54, 1.807) is 6.20 Å². The second kappa shape index (κ2) is 3.07. The molecule has 0 spiro atoms. The maximum Gasteiger partial charge on any atom is 0.146 e. The van der Waals surface area contributed by atoms with Crippen LogP contribution in [-0.4, -0.2) is 15.9 Å². The second-order valence-electron chi connectivity index (χ2n) is 3.76. The molecule has 0 amide bonds. The molecule has 70 valence electrons. The lowest BCUT2D eigenvalue weighted by Crippen LogP contribution is -2.24. The minimum atomic E-state index is -0.166. The third-order valence-corrected chi connectivity index (χ3v) is 2.56. The molecule has 0 aliphatic carbocycles. The van der Waals surface area contributed by atoms with Crippen LogP contribution >= 0.6 is 0 Å². The summed E-state index contributed by atoms with van der Waals surface area (Å²) in [5.41, 5.74) is 1.86. The lowest BCUT2D eigenvalue weighted by atomic mass is 10.2. The number of fused-ring (bicyclic) bond motifs is 1. The molecule has 1 aliphatic heterocycles. The first kappa shape index (κ1) is 8.63. The van der Waals surface area contributed by atoms with Gasteiger partial charge < -0.3 is 0 Å². The number of halogens is 1. The van der Waals surface area contributed by atoms with Crippen LogP contribution in [0.4, 0.5) is 4.39 Å². The first-order chi connectivity index (χ1) is 6.18. The molecule has 0 N–H and O–H groups in total. The van der Waals surface area contributed by atoms with E-state index in [9.17, 15) is 4.39 Å². The smallest absolute Gasteiger partial charge is 0.146 e. The fourth-order valence-electron chi connectivity index (χ4n) is 1.66. The normalized spacial score (nSPS) is 16.6. The highest BCUT2D eigenvalue weighted by atomic mass is 19.1. The fourth-order valence-corrected chi connectivity index (χ4v) is 1.66. The van der Waals surface area contributed by atoms with Crippen molar-refractivity contribution in [3.05, 3.63) is 29.3 Å². The molecule has 0 saturated heterocycles. The van der Waals surface area contributed by atoms with Crippen LogP contribution in [0.2, 0.25) is 0 Å². The van der Waals surface area contributed by atoms with Crippen molar-refractivity contribution in [2.75, 3.05) is 0 Å². The van der Waals surface area contributed by atoms with Gasteiger partial charge in [-0.25, -0.2) is 4.39 Å². The van der Waals surface area contributed by atoms with Gasteiger partial charge in [-0.05, 0) is 19.4 Å². The first-order valence-electron chi connectivity index (χ1n) is 4.54. The van der Waals surface area contributed by atoms with Gasteiger partial charge in [0.1, 0.15) is 5.82 Å². The van der Waals surface area contributed by atoms with Crippen molar-refractivity contribution >= 4 is 0 Å². The Morgan fingerprint density at radius 2 is 2.15 bits per heavy atom. The lowest BCUT2D eigenvalue weighted by molar-refractivity contribution is 0.226. The summed E-state index contributed by atoms with van der Waals surface area (Å²) in [6.07, 6.45) is 3.06. The Balaban J connectivity index is 2.30. The monoisotopic (exact) mass is 180 g/mol. The zero-order chi connectivity index (χ0) is 9.42. The summed E-state index contributed by atoms with van der Waals surface area (Å²) >= 11 is 0. The molecule has 0 fully saturated rings. The quantitative estimate of drug-likeness (QED) is 0.656. The molecule has 1 aliphatic rings. The van der Waals surface area contributed by atoms with E-state index in [2.05, 4.69) is 23.7 Å². The average Bonchev–Trinajstić information content (AvgIpc) is 2.49. The number of hydrogen-bond donors (Lipinski definition) is 0. The summed E-state index contributed by atoms with van der Waals surface area (Å²) in [7, 11) is 0. The third-order valence-electron chi connectivity index (χ3n) is 2.56. The summed E-state index contributed by atoms with van der Waals surface area (Å²) in [6.45, 7) is 5.80. The summed E-state index contributed by atoms with van der Waals surface area (Å²) < 4.78 is 13.2. The van der Waals surface area contributed by atoms with Crippen LogP contribution in [0.25, 0.3) is 0 Å². The summed E-state index contributed by atoms with van der Waals surface area (Å²) in [5, 5.41) is 0. The third kappa shape index (κ3) is 1.44. The van der Waals surface area contributed by atoms with Crippen LogP contribution in [0.5, 0.6) is 0 Å². The van der Waals surface area contributed by atoms with Crippen molar-refractivity contribution in [2.24, 2.45) is 0 Å². The summed E-state index contributed by atoms with van der Waals surface area (Å²) in [6, 6.07) is 0.465. The number of aromatic nitrogens is 1. The Hall–Kier alpha value is -0.960. The van der Waals surface area contributed by atoms with Gasteiger partial charge in [0.25, 0.3) is 0 Å². The predicted octanol–water partition coefficient (Wildman–Crippen LogP) is 1.94. The topological polar surface area (TPSA) is 16.1 Å². The molecule has 1 aromatic rings. The highest BCUT2D eigenvalue weighted by molar-refractivity contribution is 5.28. The second-order valence-corrected chi connectivity index (χ2v) is 3.76. The largest absolute Gasteiger partial charge is 0.292 e. The molecule has 2 heterocycles. The molecule has 0 unspecified atom stereocenters. The van der Waals surface area contributed by atoms with Crippen molar-refractivity contribution in [1.29, 1.82) is 0 Å². The Morgan fingerprint density at radius 1 is 1.38 bits per heavy atom. The SMILES string of the molecule is CC(C)N1Cc2cncc(F)c2C1. The first-order valence-corrected chi connectivity index (χ1v) is 4.54. The van der Waals surface area contributed by atoms with Gasteiger partial charge in [0.05, 0.1) is 6.20 Å². The van der Waals surface area contributed by atoms with E-state index in [4.69, 9.17) is 0 Å². The van der Waals surface area contributed by atoms with Crippen molar-refractivity contribution < 1.29 is 4.39 Å².